The summed E-state index contributed by atoms with van der Waals surface area (Å²) in [6.45, 7) is 2.12. The predicted molar refractivity (Wildman–Crippen MR) is 85.1 cm³/mol. The molecular weight excluding hydrogens is 292 g/mol. The van der Waals surface area contributed by atoms with Crippen LogP contribution in [-0.2, 0) is 11.2 Å². The van der Waals surface area contributed by atoms with Crippen LogP contribution in [0, 0.1) is 5.92 Å². The van der Waals surface area contributed by atoms with E-state index in [1.807, 2.05) is 12.1 Å². The molecule has 0 saturated heterocycles. The molecule has 118 valence electrons. The van der Waals surface area contributed by atoms with Crippen LogP contribution in [-0.4, -0.2) is 24.0 Å². The number of nitrogens with one attached hydrogen (secondary N) is 1. The number of ether oxygens (including phenoxy) is 1. The number of hydrogen-bond donors (Lipinski definition) is 1. The quantitative estimate of drug-likeness (QED) is 0.885. The Bertz CT molecular complexity index is 757. The maximum Gasteiger partial charge on any atom is 0.356 e. The summed E-state index contributed by atoms with van der Waals surface area (Å²) in [6.07, 6.45) is 2.39. The van der Waals surface area contributed by atoms with Crippen molar-refractivity contribution in [2.75, 3.05) is 7.11 Å². The molecule has 1 heterocycles. The molecule has 1 aromatic carbocycles. The number of benzene rings is 1. The second-order valence-corrected chi connectivity index (χ2v) is 5.75. The van der Waals surface area contributed by atoms with Gasteiger partial charge in [-0.15, -0.1) is 0 Å². The summed E-state index contributed by atoms with van der Waals surface area (Å²) >= 11 is 0. The Hall–Kier alpha value is -2.69. The summed E-state index contributed by atoms with van der Waals surface area (Å²) in [6, 6.07) is 11.2. The average molecular weight is 310 g/mol. The molecule has 5 heteroatoms. The minimum atomic E-state index is -0.556. The lowest BCUT2D eigenvalue weighted by molar-refractivity contribution is 0.0594. The summed E-state index contributed by atoms with van der Waals surface area (Å²) in [7, 11) is 1.29. The molecule has 0 saturated carbocycles. The van der Waals surface area contributed by atoms with Crippen molar-refractivity contribution in [1.29, 1.82) is 0 Å². The molecule has 23 heavy (non-hydrogen) atoms. The molecular formula is C18H18N2O3. The van der Waals surface area contributed by atoms with E-state index in [0.29, 0.717) is 11.5 Å². The second-order valence-electron chi connectivity index (χ2n) is 5.75. The van der Waals surface area contributed by atoms with E-state index in [1.54, 1.807) is 6.07 Å². The molecule has 1 aliphatic carbocycles. The summed E-state index contributed by atoms with van der Waals surface area (Å²) in [5.41, 5.74) is 2.96. The molecule has 1 amide bonds. The van der Waals surface area contributed by atoms with Crippen LogP contribution in [0.4, 0.5) is 0 Å². The highest BCUT2D eigenvalue weighted by atomic mass is 16.5. The van der Waals surface area contributed by atoms with E-state index in [2.05, 4.69) is 34.1 Å². The SMILES string of the molecule is COC(=O)c1cc(C(=O)N[C@@H]2c3ccccc3C[C@H]2C)ccn1. The first-order chi connectivity index (χ1) is 11.1. The number of esters is 1. The fourth-order valence-electron chi connectivity index (χ4n) is 3.03. The standard InChI is InChI=1S/C18H18N2O3/c1-11-9-12-5-3-4-6-14(12)16(11)20-17(21)13-7-8-19-15(10-13)18(22)23-2/h3-8,10-11,16H,9H2,1-2H3,(H,20,21)/t11-,16+/m1/s1. The van der Waals surface area contributed by atoms with Crippen LogP contribution in [0.3, 0.4) is 0 Å². The number of amides is 1. The zero-order valence-corrected chi connectivity index (χ0v) is 13.1. The number of fused-ring (bicyclic) bond motifs is 1. The first-order valence-corrected chi connectivity index (χ1v) is 7.53. The molecule has 0 radical (unpaired) electrons. The summed E-state index contributed by atoms with van der Waals surface area (Å²) < 4.78 is 4.63. The van der Waals surface area contributed by atoms with Crippen molar-refractivity contribution in [3.05, 3.63) is 65.0 Å². The fraction of sp³-hybridized carbons (Fsp3) is 0.278. The van der Waals surface area contributed by atoms with Gasteiger partial charge in [0.05, 0.1) is 13.2 Å². The third kappa shape index (κ3) is 2.95. The monoisotopic (exact) mass is 310 g/mol. The van der Waals surface area contributed by atoms with Gasteiger partial charge >= 0.3 is 5.97 Å². The van der Waals surface area contributed by atoms with E-state index < -0.39 is 5.97 Å². The maximum absolute atomic E-state index is 12.5. The predicted octanol–water partition coefficient (Wildman–Crippen LogP) is 2.53. The minimum absolute atomic E-state index is 0.0200. The van der Waals surface area contributed by atoms with E-state index in [4.69, 9.17) is 0 Å². The highest BCUT2D eigenvalue weighted by Crippen LogP contribution is 2.35. The third-order valence-corrected chi connectivity index (χ3v) is 4.20. The lowest BCUT2D eigenvalue weighted by Gasteiger charge is -2.19. The van der Waals surface area contributed by atoms with Crippen LogP contribution >= 0.6 is 0 Å². The number of pyridine rings is 1. The lowest BCUT2D eigenvalue weighted by Crippen LogP contribution is -2.30. The number of carbonyl (C=O) groups excluding carboxylic acids is 2. The second kappa shape index (κ2) is 6.20. The van der Waals surface area contributed by atoms with E-state index in [1.165, 1.54) is 24.9 Å². The van der Waals surface area contributed by atoms with Gasteiger partial charge in [-0.05, 0) is 35.6 Å². The van der Waals surface area contributed by atoms with Crippen molar-refractivity contribution in [3.63, 3.8) is 0 Å². The molecule has 1 aromatic heterocycles. The smallest absolute Gasteiger partial charge is 0.356 e. The minimum Gasteiger partial charge on any atom is -0.464 e. The molecule has 5 nitrogen and oxygen atoms in total. The van der Waals surface area contributed by atoms with Gasteiger partial charge in [-0.25, -0.2) is 9.78 Å². The first-order valence-electron chi connectivity index (χ1n) is 7.53. The molecule has 3 rings (SSSR count). The molecule has 0 unspecified atom stereocenters. The normalized spacial score (nSPS) is 19.0. The van der Waals surface area contributed by atoms with Crippen LogP contribution in [0.15, 0.2) is 42.6 Å². The van der Waals surface area contributed by atoms with Gasteiger partial charge in [0.1, 0.15) is 5.69 Å². The maximum atomic E-state index is 12.5. The van der Waals surface area contributed by atoms with Crippen molar-refractivity contribution < 1.29 is 14.3 Å². The van der Waals surface area contributed by atoms with Gasteiger partial charge < -0.3 is 10.1 Å². The van der Waals surface area contributed by atoms with Crippen molar-refractivity contribution in [2.45, 2.75) is 19.4 Å². The summed E-state index contributed by atoms with van der Waals surface area (Å²) in [5, 5.41) is 3.07. The lowest BCUT2D eigenvalue weighted by atomic mass is 10.0. The Kier molecular flexibility index (Phi) is 4.10. The van der Waals surface area contributed by atoms with Gasteiger partial charge in [-0.2, -0.15) is 0 Å². The van der Waals surface area contributed by atoms with E-state index >= 15 is 0 Å². The van der Waals surface area contributed by atoms with Gasteiger partial charge in [-0.1, -0.05) is 31.2 Å². The Morgan fingerprint density at radius 1 is 1.26 bits per heavy atom. The van der Waals surface area contributed by atoms with Crippen molar-refractivity contribution in [1.82, 2.24) is 10.3 Å². The zero-order chi connectivity index (χ0) is 16.4. The van der Waals surface area contributed by atoms with E-state index in [9.17, 15) is 9.59 Å². The van der Waals surface area contributed by atoms with Gasteiger partial charge in [0.25, 0.3) is 5.91 Å². The number of hydrogen-bond acceptors (Lipinski definition) is 4. The molecule has 1 aliphatic rings. The molecule has 2 atom stereocenters. The Morgan fingerprint density at radius 2 is 2.04 bits per heavy atom. The number of nitrogens with zero attached hydrogens (tertiary/aromatic N) is 1. The van der Waals surface area contributed by atoms with Crippen LogP contribution in [0.1, 0.15) is 44.9 Å². The number of rotatable bonds is 3. The van der Waals surface area contributed by atoms with Gasteiger partial charge in [0, 0.05) is 11.8 Å². The largest absolute Gasteiger partial charge is 0.464 e. The van der Waals surface area contributed by atoms with Crippen LogP contribution < -0.4 is 5.32 Å². The van der Waals surface area contributed by atoms with Gasteiger partial charge in [-0.3, -0.25) is 4.79 Å². The van der Waals surface area contributed by atoms with Crippen LogP contribution in [0.25, 0.3) is 0 Å². The zero-order valence-electron chi connectivity index (χ0n) is 13.1. The summed E-state index contributed by atoms with van der Waals surface area (Å²) in [5.74, 6) is -0.441. The topological polar surface area (TPSA) is 68.3 Å². The molecule has 0 spiro atoms. The average Bonchev–Trinajstić information content (AvgIpc) is 2.90. The van der Waals surface area contributed by atoms with E-state index in [0.717, 1.165) is 12.0 Å². The van der Waals surface area contributed by atoms with Crippen molar-refractivity contribution >= 4 is 11.9 Å². The fourth-order valence-corrected chi connectivity index (χ4v) is 3.03. The Labute approximate surface area is 134 Å². The highest BCUT2D eigenvalue weighted by Gasteiger charge is 2.30. The molecule has 0 fully saturated rings. The molecule has 1 N–H and O–H groups in total. The van der Waals surface area contributed by atoms with Crippen LogP contribution in [0.5, 0.6) is 0 Å². The van der Waals surface area contributed by atoms with Crippen molar-refractivity contribution in [3.8, 4) is 0 Å². The van der Waals surface area contributed by atoms with Crippen molar-refractivity contribution in [2.24, 2.45) is 5.92 Å². The van der Waals surface area contributed by atoms with Gasteiger partial charge in [0.2, 0.25) is 0 Å². The Morgan fingerprint density at radius 3 is 2.83 bits per heavy atom. The first kappa shape index (κ1) is 15.2. The Balaban J connectivity index is 1.81. The number of carbonyl (C=O) groups is 2. The van der Waals surface area contributed by atoms with Crippen LogP contribution in [0.2, 0.25) is 0 Å². The third-order valence-electron chi connectivity index (χ3n) is 4.20. The molecule has 2 aromatic rings. The van der Waals surface area contributed by atoms with E-state index in [-0.39, 0.29) is 17.6 Å². The number of aromatic nitrogens is 1. The molecule has 0 bridgehead atoms. The van der Waals surface area contributed by atoms with Gasteiger partial charge in [0.15, 0.2) is 0 Å². The number of methoxy groups -OCH3 is 1. The summed E-state index contributed by atoms with van der Waals surface area (Å²) in [4.78, 5) is 28.0. The highest BCUT2D eigenvalue weighted by molar-refractivity contribution is 5.97. The molecule has 0 aliphatic heterocycles.